The summed E-state index contributed by atoms with van der Waals surface area (Å²) in [6.07, 6.45) is 2.41. The lowest BCUT2D eigenvalue weighted by atomic mass is 10.2. The van der Waals surface area contributed by atoms with Gasteiger partial charge < -0.3 is 0 Å². The molecule has 0 heterocycles. The van der Waals surface area contributed by atoms with Crippen molar-refractivity contribution in [1.29, 1.82) is 0 Å². The summed E-state index contributed by atoms with van der Waals surface area (Å²) < 4.78 is 49.7. The van der Waals surface area contributed by atoms with Crippen LogP contribution in [0.2, 0.25) is 0 Å². The number of rotatable bonds is 6. The number of sulfonamides is 1. The van der Waals surface area contributed by atoms with Crippen molar-refractivity contribution in [2.24, 2.45) is 0 Å². The fourth-order valence-corrected chi connectivity index (χ4v) is 3.80. The molecule has 0 atom stereocenters. The highest BCUT2D eigenvalue weighted by Gasteiger charge is 2.19. The Morgan fingerprint density at radius 1 is 1.05 bits per heavy atom. The molecule has 0 amide bonds. The Bertz CT molecular complexity index is 631. The second-order valence-electron chi connectivity index (χ2n) is 4.38. The van der Waals surface area contributed by atoms with E-state index in [1.165, 1.54) is 24.3 Å². The molecule has 1 N–H and O–H groups in total. The van der Waals surface area contributed by atoms with Gasteiger partial charge in [0.25, 0.3) is 0 Å². The van der Waals surface area contributed by atoms with Gasteiger partial charge in [-0.1, -0.05) is 19.9 Å². The zero-order valence-corrected chi connectivity index (χ0v) is 12.9. The van der Waals surface area contributed by atoms with E-state index in [-0.39, 0.29) is 15.8 Å². The van der Waals surface area contributed by atoms with Crippen molar-refractivity contribution >= 4 is 19.9 Å². The molecule has 0 aliphatic rings. The van der Waals surface area contributed by atoms with Crippen molar-refractivity contribution in [2.45, 2.75) is 42.5 Å². The lowest BCUT2D eigenvalue weighted by Gasteiger charge is -2.15. The van der Waals surface area contributed by atoms with Crippen LogP contribution in [-0.4, -0.2) is 29.1 Å². The molecule has 0 unspecified atom stereocenters. The van der Waals surface area contributed by atoms with Crippen molar-refractivity contribution in [3.05, 3.63) is 24.3 Å². The highest BCUT2D eigenvalue weighted by Crippen LogP contribution is 2.16. The minimum absolute atomic E-state index is 0.0000723. The summed E-state index contributed by atoms with van der Waals surface area (Å²) in [5, 5.41) is 0. The van der Waals surface area contributed by atoms with E-state index in [1.807, 2.05) is 13.8 Å². The van der Waals surface area contributed by atoms with E-state index >= 15 is 0 Å². The topological polar surface area (TPSA) is 80.3 Å². The molecule has 1 rings (SSSR count). The van der Waals surface area contributed by atoms with Crippen LogP contribution in [0.1, 0.15) is 26.7 Å². The highest BCUT2D eigenvalue weighted by atomic mass is 32.2. The predicted molar refractivity (Wildman–Crippen MR) is 74.2 cm³/mol. The minimum atomic E-state index is -3.68. The van der Waals surface area contributed by atoms with Gasteiger partial charge in [-0.25, -0.2) is 21.6 Å². The Morgan fingerprint density at radius 2 is 1.58 bits per heavy atom. The average molecular weight is 305 g/mol. The Labute approximate surface area is 115 Å². The molecule has 5 nitrogen and oxygen atoms in total. The second kappa shape index (κ2) is 6.02. The summed E-state index contributed by atoms with van der Waals surface area (Å²) in [7, 11) is -7.10. The van der Waals surface area contributed by atoms with Gasteiger partial charge in [-0.05, 0) is 31.0 Å². The average Bonchev–Trinajstić information content (AvgIpc) is 2.35. The molecular formula is C12H19NO4S2. The van der Waals surface area contributed by atoms with Gasteiger partial charge >= 0.3 is 0 Å². The molecule has 1 aromatic carbocycles. The van der Waals surface area contributed by atoms with E-state index in [4.69, 9.17) is 0 Å². The van der Waals surface area contributed by atoms with Crippen molar-refractivity contribution in [2.75, 3.05) is 6.26 Å². The van der Waals surface area contributed by atoms with Crippen LogP contribution in [0.15, 0.2) is 34.1 Å². The first kappa shape index (κ1) is 16.1. The van der Waals surface area contributed by atoms with Gasteiger partial charge in [0.05, 0.1) is 9.79 Å². The van der Waals surface area contributed by atoms with Crippen LogP contribution in [0.3, 0.4) is 0 Å². The molecule has 0 radical (unpaired) electrons. The molecule has 19 heavy (non-hydrogen) atoms. The highest BCUT2D eigenvalue weighted by molar-refractivity contribution is 7.91. The number of benzene rings is 1. The Balaban J connectivity index is 3.16. The van der Waals surface area contributed by atoms with Gasteiger partial charge in [0, 0.05) is 12.3 Å². The smallest absolute Gasteiger partial charge is 0.224 e. The van der Waals surface area contributed by atoms with Crippen LogP contribution in [-0.2, 0) is 19.9 Å². The number of hydrogen-bond acceptors (Lipinski definition) is 4. The minimum Gasteiger partial charge on any atom is -0.224 e. The molecule has 0 fully saturated rings. The largest absolute Gasteiger partial charge is 0.240 e. The van der Waals surface area contributed by atoms with Crippen molar-refractivity contribution < 1.29 is 16.8 Å². The monoisotopic (exact) mass is 305 g/mol. The predicted octanol–water partition coefficient (Wildman–Crippen LogP) is 1.56. The third kappa shape index (κ3) is 4.29. The molecule has 0 aliphatic heterocycles. The first-order valence-corrected chi connectivity index (χ1v) is 9.40. The summed E-state index contributed by atoms with van der Waals surface area (Å²) in [5.74, 6) is 0. The SMILES string of the molecule is CCC(CC)NS(=O)(=O)c1cccc(S(C)(=O)=O)c1. The molecule has 0 aliphatic carbocycles. The van der Waals surface area contributed by atoms with Crippen LogP contribution in [0, 0.1) is 0 Å². The van der Waals surface area contributed by atoms with Crippen molar-refractivity contribution in [3.63, 3.8) is 0 Å². The van der Waals surface area contributed by atoms with Gasteiger partial charge in [-0.15, -0.1) is 0 Å². The summed E-state index contributed by atoms with van der Waals surface area (Å²) >= 11 is 0. The maximum absolute atomic E-state index is 12.1. The number of hydrogen-bond donors (Lipinski definition) is 1. The van der Waals surface area contributed by atoms with E-state index < -0.39 is 19.9 Å². The van der Waals surface area contributed by atoms with Crippen molar-refractivity contribution in [1.82, 2.24) is 4.72 Å². The van der Waals surface area contributed by atoms with Gasteiger partial charge in [0.1, 0.15) is 0 Å². The third-order valence-corrected chi connectivity index (χ3v) is 5.48. The Hall–Kier alpha value is -0.920. The molecular weight excluding hydrogens is 286 g/mol. The van der Waals surface area contributed by atoms with Crippen LogP contribution in [0.25, 0.3) is 0 Å². The summed E-state index contributed by atoms with van der Waals surface area (Å²) in [5.41, 5.74) is 0. The van der Waals surface area contributed by atoms with Crippen LogP contribution >= 0.6 is 0 Å². The standard InChI is InChI=1S/C12H19NO4S2/c1-4-10(5-2)13-19(16,17)12-8-6-7-11(9-12)18(3,14)15/h6-10,13H,4-5H2,1-3H3. The van der Waals surface area contributed by atoms with Gasteiger partial charge in [0.15, 0.2) is 9.84 Å². The molecule has 0 aromatic heterocycles. The van der Waals surface area contributed by atoms with Crippen LogP contribution < -0.4 is 4.72 Å². The zero-order valence-electron chi connectivity index (χ0n) is 11.3. The molecule has 7 heteroatoms. The Kier molecular flexibility index (Phi) is 5.11. The molecule has 108 valence electrons. The van der Waals surface area contributed by atoms with E-state index in [2.05, 4.69) is 4.72 Å². The van der Waals surface area contributed by atoms with Gasteiger partial charge in [-0.2, -0.15) is 0 Å². The van der Waals surface area contributed by atoms with E-state index in [1.54, 1.807) is 0 Å². The third-order valence-electron chi connectivity index (χ3n) is 2.85. The maximum atomic E-state index is 12.1. The summed E-state index contributed by atoms with van der Waals surface area (Å²) in [6.45, 7) is 3.78. The fraction of sp³-hybridized carbons (Fsp3) is 0.500. The summed E-state index contributed by atoms with van der Waals surface area (Å²) in [4.78, 5) is -0.0257. The molecule has 0 saturated heterocycles. The van der Waals surface area contributed by atoms with Crippen LogP contribution in [0.5, 0.6) is 0 Å². The first-order chi connectivity index (χ1) is 8.70. The normalized spacial score (nSPS) is 12.8. The van der Waals surface area contributed by atoms with Crippen LogP contribution in [0.4, 0.5) is 0 Å². The quantitative estimate of drug-likeness (QED) is 0.865. The lowest BCUT2D eigenvalue weighted by molar-refractivity contribution is 0.530. The van der Waals surface area contributed by atoms with E-state index in [0.29, 0.717) is 12.8 Å². The summed E-state index contributed by atoms with van der Waals surface area (Å²) in [6, 6.07) is 5.23. The second-order valence-corrected chi connectivity index (χ2v) is 8.11. The Morgan fingerprint density at radius 3 is 2.05 bits per heavy atom. The maximum Gasteiger partial charge on any atom is 0.240 e. The molecule has 1 aromatic rings. The van der Waals surface area contributed by atoms with Crippen molar-refractivity contribution in [3.8, 4) is 0 Å². The fourth-order valence-electron chi connectivity index (χ4n) is 1.61. The van der Waals surface area contributed by atoms with E-state index in [0.717, 1.165) is 6.26 Å². The number of nitrogens with one attached hydrogen (secondary N) is 1. The molecule has 0 saturated carbocycles. The first-order valence-electron chi connectivity index (χ1n) is 6.03. The van der Waals surface area contributed by atoms with E-state index in [9.17, 15) is 16.8 Å². The lowest BCUT2D eigenvalue weighted by Crippen LogP contribution is -2.33. The van der Waals surface area contributed by atoms with Gasteiger partial charge in [0.2, 0.25) is 10.0 Å². The number of sulfone groups is 1. The zero-order chi connectivity index (χ0) is 14.7. The van der Waals surface area contributed by atoms with Gasteiger partial charge in [-0.3, -0.25) is 0 Å². The molecule has 0 bridgehead atoms. The molecule has 0 spiro atoms.